The summed E-state index contributed by atoms with van der Waals surface area (Å²) in [6.45, 7) is 3.97. The summed E-state index contributed by atoms with van der Waals surface area (Å²) in [4.78, 5) is 2.43. The molecule has 0 aromatic carbocycles. The van der Waals surface area contributed by atoms with E-state index in [9.17, 15) is 13.5 Å². The van der Waals surface area contributed by atoms with Crippen molar-refractivity contribution in [1.29, 1.82) is 0 Å². The van der Waals surface area contributed by atoms with Crippen LogP contribution in [0.1, 0.15) is 45.4 Å². The highest BCUT2D eigenvalue weighted by Crippen LogP contribution is 2.31. The van der Waals surface area contributed by atoms with Crippen LogP contribution in [0, 0.1) is 5.92 Å². The molecule has 0 bridgehead atoms. The van der Waals surface area contributed by atoms with E-state index >= 15 is 0 Å². The highest BCUT2D eigenvalue weighted by molar-refractivity contribution is 7.91. The summed E-state index contributed by atoms with van der Waals surface area (Å²) in [6.07, 6.45) is 6.76. The van der Waals surface area contributed by atoms with Crippen molar-refractivity contribution >= 4 is 9.84 Å². The number of likely N-dealkylation sites (tertiary alicyclic amines) is 1. The van der Waals surface area contributed by atoms with Crippen LogP contribution in [0.15, 0.2) is 0 Å². The molecule has 1 aliphatic carbocycles. The lowest BCUT2D eigenvalue weighted by atomic mass is 9.87. The van der Waals surface area contributed by atoms with Crippen molar-refractivity contribution < 1.29 is 13.5 Å². The summed E-state index contributed by atoms with van der Waals surface area (Å²) in [7, 11) is -2.90. The predicted octanol–water partition coefficient (Wildman–Crippen LogP) is 1.44. The fourth-order valence-electron chi connectivity index (χ4n) is 3.62. The highest BCUT2D eigenvalue weighted by Gasteiger charge is 2.35. The summed E-state index contributed by atoms with van der Waals surface area (Å²) >= 11 is 0. The average Bonchev–Trinajstić information content (AvgIpc) is 2.38. The van der Waals surface area contributed by atoms with Crippen molar-refractivity contribution in [3.05, 3.63) is 0 Å². The third-order valence-corrected chi connectivity index (χ3v) is 6.61. The Morgan fingerprint density at radius 1 is 1.26 bits per heavy atom. The van der Waals surface area contributed by atoms with Crippen LogP contribution in [0.3, 0.4) is 0 Å². The Kier molecular flexibility index (Phi) is 4.90. The van der Waals surface area contributed by atoms with Crippen LogP contribution >= 0.6 is 0 Å². The smallest absolute Gasteiger partial charge is 0.150 e. The second kappa shape index (κ2) is 6.10. The number of nitrogens with zero attached hydrogens (tertiary/aromatic N) is 1. The maximum absolute atomic E-state index is 11.7. The van der Waals surface area contributed by atoms with E-state index in [0.29, 0.717) is 12.0 Å². The van der Waals surface area contributed by atoms with Crippen molar-refractivity contribution in [2.75, 3.05) is 19.3 Å². The van der Waals surface area contributed by atoms with Gasteiger partial charge < -0.3 is 5.11 Å². The van der Waals surface area contributed by atoms with E-state index in [1.807, 2.05) is 0 Å². The molecule has 0 radical (unpaired) electrons. The van der Waals surface area contributed by atoms with Gasteiger partial charge in [-0.15, -0.1) is 0 Å². The molecule has 0 amide bonds. The van der Waals surface area contributed by atoms with Gasteiger partial charge >= 0.3 is 0 Å². The predicted molar refractivity (Wildman–Crippen MR) is 76.9 cm³/mol. The maximum Gasteiger partial charge on any atom is 0.150 e. The molecule has 2 aliphatic rings. The van der Waals surface area contributed by atoms with E-state index in [-0.39, 0.29) is 11.4 Å². The summed E-state index contributed by atoms with van der Waals surface area (Å²) in [5.41, 5.74) is 0. The first-order valence-corrected chi connectivity index (χ1v) is 9.48. The Morgan fingerprint density at radius 3 is 2.63 bits per heavy atom. The lowest BCUT2D eigenvalue weighted by molar-refractivity contribution is 0.00175. The fraction of sp³-hybridized carbons (Fsp3) is 1.00. The van der Waals surface area contributed by atoms with Gasteiger partial charge in [0.2, 0.25) is 0 Å². The molecule has 1 saturated carbocycles. The first kappa shape index (κ1) is 15.3. The first-order valence-electron chi connectivity index (χ1n) is 7.52. The molecule has 19 heavy (non-hydrogen) atoms. The van der Waals surface area contributed by atoms with Crippen LogP contribution in [-0.2, 0) is 9.84 Å². The highest BCUT2D eigenvalue weighted by atomic mass is 32.2. The van der Waals surface area contributed by atoms with Gasteiger partial charge in [0.1, 0.15) is 9.84 Å². The minimum atomic E-state index is -2.90. The average molecular weight is 289 g/mol. The molecule has 5 heteroatoms. The molecule has 1 N–H and O–H groups in total. The van der Waals surface area contributed by atoms with E-state index < -0.39 is 9.84 Å². The molecule has 1 heterocycles. The van der Waals surface area contributed by atoms with Crippen molar-refractivity contribution in [1.82, 2.24) is 4.90 Å². The molecule has 0 spiro atoms. The number of hydrogen-bond acceptors (Lipinski definition) is 4. The number of piperidine rings is 1. The van der Waals surface area contributed by atoms with E-state index in [1.165, 1.54) is 6.26 Å². The second-order valence-electron chi connectivity index (χ2n) is 6.29. The molecule has 4 nitrogen and oxygen atoms in total. The first-order chi connectivity index (χ1) is 8.91. The van der Waals surface area contributed by atoms with Gasteiger partial charge in [-0.2, -0.15) is 0 Å². The Morgan fingerprint density at radius 2 is 2.00 bits per heavy atom. The number of hydrogen-bond donors (Lipinski definition) is 1. The number of aliphatic hydroxyl groups excluding tert-OH is 1. The van der Waals surface area contributed by atoms with Crippen LogP contribution in [0.25, 0.3) is 0 Å². The third kappa shape index (κ3) is 3.70. The summed E-state index contributed by atoms with van der Waals surface area (Å²) in [5.74, 6) is 0.354. The van der Waals surface area contributed by atoms with Crippen LogP contribution in [-0.4, -0.2) is 55.2 Å². The Bertz CT molecular complexity index is 395. The summed E-state index contributed by atoms with van der Waals surface area (Å²) in [5, 5.41) is 9.79. The van der Waals surface area contributed by atoms with Crippen molar-refractivity contribution in [2.24, 2.45) is 5.92 Å². The molecule has 1 saturated heterocycles. The zero-order valence-corrected chi connectivity index (χ0v) is 12.9. The topological polar surface area (TPSA) is 57.6 Å². The molecule has 0 aromatic rings. The zero-order valence-electron chi connectivity index (χ0n) is 12.1. The van der Waals surface area contributed by atoms with Gasteiger partial charge in [0.25, 0.3) is 0 Å². The van der Waals surface area contributed by atoms with Gasteiger partial charge in [0.15, 0.2) is 0 Å². The van der Waals surface area contributed by atoms with Crippen molar-refractivity contribution in [3.8, 4) is 0 Å². The van der Waals surface area contributed by atoms with E-state index in [1.54, 1.807) is 0 Å². The SMILES string of the molecule is CCC1CN(C2CCCC(S(C)(=O)=O)C2)CCC1O. The van der Waals surface area contributed by atoms with Crippen molar-refractivity contribution in [3.63, 3.8) is 0 Å². The number of sulfone groups is 1. The zero-order chi connectivity index (χ0) is 14.0. The van der Waals surface area contributed by atoms with Gasteiger partial charge in [-0.25, -0.2) is 8.42 Å². The maximum atomic E-state index is 11.7. The van der Waals surface area contributed by atoms with Crippen LogP contribution in [0.5, 0.6) is 0 Å². The van der Waals surface area contributed by atoms with Crippen LogP contribution in [0.2, 0.25) is 0 Å². The molecule has 0 aromatic heterocycles. The Balaban J connectivity index is 1.98. The van der Waals surface area contributed by atoms with Gasteiger partial charge in [0, 0.05) is 25.4 Å². The van der Waals surface area contributed by atoms with Crippen LogP contribution < -0.4 is 0 Å². The molecule has 4 atom stereocenters. The second-order valence-corrected chi connectivity index (χ2v) is 8.62. The molecule has 1 aliphatic heterocycles. The molecule has 2 rings (SSSR count). The number of aliphatic hydroxyl groups is 1. The fourth-order valence-corrected chi connectivity index (χ4v) is 4.79. The van der Waals surface area contributed by atoms with E-state index in [4.69, 9.17) is 0 Å². The van der Waals surface area contributed by atoms with Gasteiger partial charge in [-0.05, 0) is 38.0 Å². The van der Waals surface area contributed by atoms with Gasteiger partial charge in [-0.3, -0.25) is 4.90 Å². The normalized spacial score (nSPS) is 38.3. The Hall–Kier alpha value is -0.130. The quantitative estimate of drug-likeness (QED) is 0.854. The molecular weight excluding hydrogens is 262 g/mol. The van der Waals surface area contributed by atoms with Crippen LogP contribution in [0.4, 0.5) is 0 Å². The largest absolute Gasteiger partial charge is 0.393 e. The van der Waals surface area contributed by atoms with E-state index in [2.05, 4.69) is 11.8 Å². The van der Waals surface area contributed by atoms with Gasteiger partial charge in [-0.1, -0.05) is 13.3 Å². The lowest BCUT2D eigenvalue weighted by Crippen LogP contribution is -2.50. The minimum Gasteiger partial charge on any atom is -0.393 e. The lowest BCUT2D eigenvalue weighted by Gasteiger charge is -2.43. The van der Waals surface area contributed by atoms with Crippen molar-refractivity contribution in [2.45, 2.75) is 62.8 Å². The van der Waals surface area contributed by atoms with E-state index in [0.717, 1.165) is 51.6 Å². The third-order valence-electron chi connectivity index (χ3n) is 4.97. The molecule has 112 valence electrons. The Labute approximate surface area is 117 Å². The standard InChI is InChI=1S/C14H27NO3S/c1-3-11-10-15(8-7-14(11)16)12-5-4-6-13(9-12)19(2,17)18/h11-14,16H,3-10H2,1-2H3. The molecule has 4 unspecified atom stereocenters. The summed E-state index contributed by atoms with van der Waals surface area (Å²) < 4.78 is 23.5. The van der Waals surface area contributed by atoms with Gasteiger partial charge in [0.05, 0.1) is 11.4 Å². The summed E-state index contributed by atoms with van der Waals surface area (Å²) in [6, 6.07) is 0.398. The minimum absolute atomic E-state index is 0.154. The molecule has 2 fully saturated rings. The molecular formula is C14H27NO3S. The number of rotatable bonds is 3. The monoisotopic (exact) mass is 289 g/mol.